The van der Waals surface area contributed by atoms with Crippen molar-refractivity contribution in [2.45, 2.75) is 19.0 Å². The normalized spacial score (nSPS) is 19.3. The summed E-state index contributed by atoms with van der Waals surface area (Å²) < 4.78 is 1.30. The van der Waals surface area contributed by atoms with Crippen molar-refractivity contribution in [1.82, 2.24) is 19.6 Å². The number of carbonyl (C=O) groups is 2. The highest BCUT2D eigenvalue weighted by atomic mass is 35.5. The van der Waals surface area contributed by atoms with Crippen LogP contribution < -0.4 is 10.9 Å². The molecular formula is C19H14Cl2N4O3. The molecule has 1 unspecified atom stereocenters. The molecule has 0 bridgehead atoms. The van der Waals surface area contributed by atoms with Gasteiger partial charge in [0.15, 0.2) is 0 Å². The van der Waals surface area contributed by atoms with Crippen molar-refractivity contribution in [3.63, 3.8) is 0 Å². The summed E-state index contributed by atoms with van der Waals surface area (Å²) in [6.07, 6.45) is 1.46. The number of aromatic nitrogens is 2. The SMILES string of the molecule is CC1(c2ccc(Cl)cc2)NC(=O)N(Cc2cc(=O)n3cc(Cl)ccc3n2)C1=O. The fourth-order valence-corrected chi connectivity index (χ4v) is 3.48. The number of carbonyl (C=O) groups excluding carboxylic acids is 2. The highest BCUT2D eigenvalue weighted by molar-refractivity contribution is 6.30. The molecule has 28 heavy (non-hydrogen) atoms. The molecule has 1 atom stereocenters. The Morgan fingerprint density at radius 3 is 2.43 bits per heavy atom. The molecule has 9 heteroatoms. The number of pyridine rings is 1. The van der Waals surface area contributed by atoms with Crippen LogP contribution in [0, 0.1) is 0 Å². The molecule has 1 saturated heterocycles. The van der Waals surface area contributed by atoms with E-state index >= 15 is 0 Å². The minimum atomic E-state index is -1.22. The Balaban J connectivity index is 1.67. The highest BCUT2D eigenvalue weighted by Crippen LogP contribution is 2.30. The second kappa shape index (κ2) is 6.61. The number of rotatable bonds is 3. The molecule has 0 radical (unpaired) electrons. The van der Waals surface area contributed by atoms with Crippen LogP contribution in [0.3, 0.4) is 0 Å². The number of amides is 3. The summed E-state index contributed by atoms with van der Waals surface area (Å²) in [6.45, 7) is 1.50. The zero-order valence-corrected chi connectivity index (χ0v) is 16.2. The van der Waals surface area contributed by atoms with Gasteiger partial charge in [0.1, 0.15) is 11.2 Å². The van der Waals surface area contributed by atoms with Crippen LogP contribution in [0.25, 0.3) is 5.65 Å². The van der Waals surface area contributed by atoms with Crippen molar-refractivity contribution in [3.05, 3.63) is 80.3 Å². The van der Waals surface area contributed by atoms with E-state index in [9.17, 15) is 14.4 Å². The fraction of sp³-hybridized carbons (Fsp3) is 0.158. The molecule has 0 aliphatic carbocycles. The molecule has 1 aliphatic rings. The van der Waals surface area contributed by atoms with Gasteiger partial charge in [-0.15, -0.1) is 0 Å². The minimum absolute atomic E-state index is 0.123. The maximum absolute atomic E-state index is 13.0. The Bertz CT molecular complexity index is 1180. The van der Waals surface area contributed by atoms with E-state index in [0.717, 1.165) is 4.90 Å². The van der Waals surface area contributed by atoms with Crippen molar-refractivity contribution in [2.75, 3.05) is 0 Å². The lowest BCUT2D eigenvalue weighted by Crippen LogP contribution is -2.40. The number of benzene rings is 1. The quantitative estimate of drug-likeness (QED) is 0.665. The Hall–Kier alpha value is -2.90. The highest BCUT2D eigenvalue weighted by Gasteiger charge is 2.49. The lowest BCUT2D eigenvalue weighted by atomic mass is 9.92. The molecule has 1 fully saturated rings. The largest absolute Gasteiger partial charge is 0.325 e. The predicted molar refractivity (Wildman–Crippen MR) is 104 cm³/mol. The molecule has 1 aromatic carbocycles. The van der Waals surface area contributed by atoms with Crippen LogP contribution in [0.15, 0.2) is 53.5 Å². The van der Waals surface area contributed by atoms with Gasteiger partial charge in [0.25, 0.3) is 11.5 Å². The summed E-state index contributed by atoms with van der Waals surface area (Å²) in [5.41, 5.74) is -0.286. The molecule has 3 aromatic rings. The summed E-state index contributed by atoms with van der Waals surface area (Å²) in [7, 11) is 0. The Kier molecular flexibility index (Phi) is 4.36. The Morgan fingerprint density at radius 2 is 1.71 bits per heavy atom. The van der Waals surface area contributed by atoms with E-state index in [0.29, 0.717) is 26.9 Å². The van der Waals surface area contributed by atoms with Crippen LogP contribution in [0.1, 0.15) is 18.2 Å². The van der Waals surface area contributed by atoms with Crippen molar-refractivity contribution in [3.8, 4) is 0 Å². The number of fused-ring (bicyclic) bond motifs is 1. The predicted octanol–water partition coefficient (Wildman–Crippen LogP) is 2.97. The van der Waals surface area contributed by atoms with Crippen LogP contribution >= 0.6 is 23.2 Å². The number of hydrogen-bond donors (Lipinski definition) is 1. The zero-order chi connectivity index (χ0) is 20.1. The lowest BCUT2D eigenvalue weighted by molar-refractivity contribution is -0.131. The van der Waals surface area contributed by atoms with E-state index in [1.807, 2.05) is 0 Å². The molecule has 1 aliphatic heterocycles. The van der Waals surface area contributed by atoms with Gasteiger partial charge in [-0.05, 0) is 36.8 Å². The van der Waals surface area contributed by atoms with Crippen molar-refractivity contribution in [2.24, 2.45) is 0 Å². The number of urea groups is 1. The molecule has 4 rings (SSSR count). The van der Waals surface area contributed by atoms with Crippen LogP contribution in [0.5, 0.6) is 0 Å². The first kappa shape index (κ1) is 18.5. The van der Waals surface area contributed by atoms with Crippen molar-refractivity contribution in [1.29, 1.82) is 0 Å². The summed E-state index contributed by atoms with van der Waals surface area (Å²) in [5, 5.41) is 3.64. The molecule has 3 amide bonds. The van der Waals surface area contributed by atoms with Crippen molar-refractivity contribution >= 4 is 40.8 Å². The summed E-state index contributed by atoms with van der Waals surface area (Å²) >= 11 is 11.8. The maximum Gasteiger partial charge on any atom is 0.325 e. The van der Waals surface area contributed by atoms with Gasteiger partial charge in [-0.25, -0.2) is 9.78 Å². The number of imide groups is 1. The van der Waals surface area contributed by atoms with Gasteiger partial charge in [-0.2, -0.15) is 0 Å². The summed E-state index contributed by atoms with van der Waals surface area (Å²) in [6, 6.07) is 10.6. The second-order valence-electron chi connectivity index (χ2n) is 6.61. The van der Waals surface area contributed by atoms with Crippen LogP contribution in [0.2, 0.25) is 10.0 Å². The number of halogens is 2. The molecule has 1 N–H and O–H groups in total. The number of nitrogens with zero attached hydrogens (tertiary/aromatic N) is 3. The minimum Gasteiger partial charge on any atom is -0.319 e. The fourth-order valence-electron chi connectivity index (χ4n) is 3.19. The van der Waals surface area contributed by atoms with E-state index in [2.05, 4.69) is 10.3 Å². The van der Waals surface area contributed by atoms with E-state index in [4.69, 9.17) is 23.2 Å². The van der Waals surface area contributed by atoms with Crippen LogP contribution in [-0.4, -0.2) is 26.2 Å². The third-order valence-corrected chi connectivity index (χ3v) is 5.17. The number of hydrogen-bond acceptors (Lipinski definition) is 4. The molecule has 0 spiro atoms. The average molecular weight is 417 g/mol. The molecule has 142 valence electrons. The second-order valence-corrected chi connectivity index (χ2v) is 7.49. The van der Waals surface area contributed by atoms with Crippen LogP contribution in [-0.2, 0) is 16.9 Å². The molecule has 3 heterocycles. The van der Waals surface area contributed by atoms with Gasteiger partial charge >= 0.3 is 6.03 Å². The van der Waals surface area contributed by atoms with Gasteiger partial charge in [-0.3, -0.25) is 18.9 Å². The average Bonchev–Trinajstić information content (AvgIpc) is 2.87. The molecule has 7 nitrogen and oxygen atoms in total. The van der Waals surface area contributed by atoms with E-state index in [1.54, 1.807) is 43.3 Å². The monoisotopic (exact) mass is 416 g/mol. The van der Waals surface area contributed by atoms with Crippen molar-refractivity contribution < 1.29 is 9.59 Å². The van der Waals surface area contributed by atoms with Gasteiger partial charge < -0.3 is 5.32 Å². The molecular weight excluding hydrogens is 403 g/mol. The lowest BCUT2D eigenvalue weighted by Gasteiger charge is -2.22. The first-order chi connectivity index (χ1) is 13.3. The standard InChI is InChI=1S/C19H14Cl2N4O3/c1-19(11-2-4-12(20)5-3-11)17(27)25(18(28)23-19)10-14-8-16(26)24-9-13(21)6-7-15(24)22-14/h2-9H,10H2,1H3,(H,23,28). The maximum atomic E-state index is 13.0. The van der Waals surface area contributed by atoms with E-state index in [1.165, 1.54) is 16.7 Å². The third kappa shape index (κ3) is 3.02. The molecule has 0 saturated carbocycles. The van der Waals surface area contributed by atoms with Gasteiger partial charge in [0.05, 0.1) is 17.3 Å². The zero-order valence-electron chi connectivity index (χ0n) is 14.6. The van der Waals surface area contributed by atoms with E-state index in [-0.39, 0.29) is 12.1 Å². The smallest absolute Gasteiger partial charge is 0.319 e. The van der Waals surface area contributed by atoms with Gasteiger partial charge in [0.2, 0.25) is 0 Å². The number of nitrogens with one attached hydrogen (secondary N) is 1. The van der Waals surface area contributed by atoms with Gasteiger partial charge in [-0.1, -0.05) is 35.3 Å². The van der Waals surface area contributed by atoms with Crippen LogP contribution in [0.4, 0.5) is 4.79 Å². The van der Waals surface area contributed by atoms with Gasteiger partial charge in [0, 0.05) is 17.3 Å². The Labute approximate surface area is 169 Å². The van der Waals surface area contributed by atoms with E-state index < -0.39 is 17.5 Å². The Morgan fingerprint density at radius 1 is 1.04 bits per heavy atom. The first-order valence-electron chi connectivity index (χ1n) is 8.36. The third-order valence-electron chi connectivity index (χ3n) is 4.69. The molecule has 2 aromatic heterocycles. The topological polar surface area (TPSA) is 83.8 Å². The first-order valence-corrected chi connectivity index (χ1v) is 9.11. The summed E-state index contributed by atoms with van der Waals surface area (Å²) in [5.74, 6) is -0.432. The summed E-state index contributed by atoms with van der Waals surface area (Å²) in [4.78, 5) is 43.2.